The van der Waals surface area contributed by atoms with Gasteiger partial charge in [-0.05, 0) is 49.2 Å². The second-order valence-corrected chi connectivity index (χ2v) is 7.60. The van der Waals surface area contributed by atoms with Crippen molar-refractivity contribution in [2.24, 2.45) is 10.2 Å². The third-order valence-electron chi connectivity index (χ3n) is 5.12. The van der Waals surface area contributed by atoms with Crippen LogP contribution in [0.4, 0.5) is 22.7 Å². The third-order valence-corrected chi connectivity index (χ3v) is 5.12. The molecule has 0 heterocycles. The summed E-state index contributed by atoms with van der Waals surface area (Å²) in [6.45, 7) is 6.67. The molecule has 0 atom stereocenters. The summed E-state index contributed by atoms with van der Waals surface area (Å²) in [6.07, 6.45) is 10.1. The average molecular weight is 411 g/mol. The Hall–Kier alpha value is -2.76. The van der Waals surface area contributed by atoms with E-state index in [0.717, 1.165) is 18.8 Å². The second kappa shape index (κ2) is 13.5. The Kier molecular flexibility index (Phi) is 10.6. The first-order chi connectivity index (χ1) is 14.6. The fourth-order valence-electron chi connectivity index (χ4n) is 3.32. The van der Waals surface area contributed by atoms with Crippen LogP contribution < -0.4 is 4.90 Å². The summed E-state index contributed by atoms with van der Waals surface area (Å²) in [7, 11) is 0. The van der Waals surface area contributed by atoms with E-state index in [4.69, 9.17) is 0 Å². The molecule has 0 amide bonds. The highest BCUT2D eigenvalue weighted by Crippen LogP contribution is 2.24. The summed E-state index contributed by atoms with van der Waals surface area (Å²) in [6, 6.07) is 14.3. The molecular weight excluding hydrogens is 376 g/mol. The molecule has 0 saturated carbocycles. The van der Waals surface area contributed by atoms with Gasteiger partial charge in [-0.15, -0.1) is 0 Å². The molecule has 30 heavy (non-hydrogen) atoms. The molecule has 0 bridgehead atoms. The molecule has 0 aromatic heterocycles. The molecular formula is C24H34N4O2. The highest BCUT2D eigenvalue weighted by molar-refractivity contribution is 5.53. The maximum Gasteiger partial charge on any atom is 0.269 e. The van der Waals surface area contributed by atoms with Crippen LogP contribution in [0.5, 0.6) is 0 Å². The monoisotopic (exact) mass is 410 g/mol. The molecule has 0 fully saturated rings. The SMILES string of the molecule is CCCCCCN(CCCCCC)c1ccc(N=Nc2ccc([N+](=O)[O-])cc2)cc1. The number of non-ortho nitro benzene ring substituents is 1. The van der Waals surface area contributed by atoms with Crippen LogP contribution in [0.1, 0.15) is 65.2 Å². The molecule has 0 aliphatic heterocycles. The van der Waals surface area contributed by atoms with Gasteiger partial charge in [0.05, 0.1) is 16.3 Å². The van der Waals surface area contributed by atoms with Gasteiger partial charge in [-0.25, -0.2) is 0 Å². The van der Waals surface area contributed by atoms with E-state index in [1.807, 2.05) is 12.1 Å². The zero-order chi connectivity index (χ0) is 21.6. The van der Waals surface area contributed by atoms with Crippen molar-refractivity contribution in [3.8, 4) is 0 Å². The van der Waals surface area contributed by atoms with Gasteiger partial charge in [0.15, 0.2) is 0 Å². The molecule has 162 valence electrons. The van der Waals surface area contributed by atoms with Crippen LogP contribution in [-0.2, 0) is 0 Å². The Balaban J connectivity index is 1.98. The van der Waals surface area contributed by atoms with Crippen molar-refractivity contribution in [1.29, 1.82) is 0 Å². The fraction of sp³-hybridized carbons (Fsp3) is 0.500. The quantitative estimate of drug-likeness (QED) is 0.137. The molecule has 0 saturated heterocycles. The number of nitrogens with zero attached hydrogens (tertiary/aromatic N) is 4. The Labute approximate surface area is 180 Å². The Morgan fingerprint density at radius 2 is 1.20 bits per heavy atom. The molecule has 2 rings (SSSR count). The summed E-state index contributed by atoms with van der Waals surface area (Å²) in [5.74, 6) is 0. The molecule has 2 aromatic carbocycles. The van der Waals surface area contributed by atoms with Gasteiger partial charge in [-0.3, -0.25) is 10.1 Å². The van der Waals surface area contributed by atoms with Crippen LogP contribution in [0.25, 0.3) is 0 Å². The highest BCUT2D eigenvalue weighted by Gasteiger charge is 2.07. The van der Waals surface area contributed by atoms with Crippen LogP contribution >= 0.6 is 0 Å². The lowest BCUT2D eigenvalue weighted by Gasteiger charge is -2.25. The first-order valence-electron chi connectivity index (χ1n) is 11.1. The van der Waals surface area contributed by atoms with Gasteiger partial charge in [0.25, 0.3) is 5.69 Å². The summed E-state index contributed by atoms with van der Waals surface area (Å²) in [5.41, 5.74) is 2.65. The topological polar surface area (TPSA) is 71.1 Å². The predicted molar refractivity (Wildman–Crippen MR) is 124 cm³/mol. The van der Waals surface area contributed by atoms with E-state index in [2.05, 4.69) is 41.1 Å². The minimum Gasteiger partial charge on any atom is -0.372 e. The first kappa shape index (κ1) is 23.5. The summed E-state index contributed by atoms with van der Waals surface area (Å²) in [4.78, 5) is 12.8. The van der Waals surface area contributed by atoms with Gasteiger partial charge in [-0.1, -0.05) is 52.4 Å². The molecule has 2 aromatic rings. The predicted octanol–water partition coefficient (Wildman–Crippen LogP) is 7.98. The van der Waals surface area contributed by atoms with Crippen LogP contribution in [0.2, 0.25) is 0 Å². The zero-order valence-electron chi connectivity index (χ0n) is 18.3. The minimum atomic E-state index is -0.421. The number of unbranched alkanes of at least 4 members (excludes halogenated alkanes) is 6. The van der Waals surface area contributed by atoms with Crippen molar-refractivity contribution >= 4 is 22.7 Å². The Morgan fingerprint density at radius 1 is 0.733 bits per heavy atom. The maximum absolute atomic E-state index is 10.7. The number of azo groups is 1. The number of nitro groups is 1. The van der Waals surface area contributed by atoms with Crippen molar-refractivity contribution in [1.82, 2.24) is 0 Å². The zero-order valence-corrected chi connectivity index (χ0v) is 18.3. The van der Waals surface area contributed by atoms with Gasteiger partial charge in [0.1, 0.15) is 0 Å². The van der Waals surface area contributed by atoms with Crippen molar-refractivity contribution in [3.05, 3.63) is 58.6 Å². The normalized spacial score (nSPS) is 11.1. The van der Waals surface area contributed by atoms with Crippen LogP contribution in [0.15, 0.2) is 58.8 Å². The van der Waals surface area contributed by atoms with Crippen LogP contribution in [0.3, 0.4) is 0 Å². The molecule has 0 aliphatic carbocycles. The molecule has 6 heteroatoms. The standard InChI is InChI=1S/C24H34N4O2/c1-3-5-7-9-19-27(20-10-8-6-4-2)23-15-11-21(12-16-23)25-26-22-13-17-24(18-14-22)28(29)30/h11-18H,3-10,19-20H2,1-2H3. The molecule has 0 spiro atoms. The summed E-state index contributed by atoms with van der Waals surface area (Å²) >= 11 is 0. The van der Waals surface area contributed by atoms with E-state index < -0.39 is 4.92 Å². The minimum absolute atomic E-state index is 0.0521. The van der Waals surface area contributed by atoms with E-state index in [1.165, 1.54) is 69.2 Å². The number of benzene rings is 2. The van der Waals surface area contributed by atoms with Crippen LogP contribution in [0, 0.1) is 10.1 Å². The largest absolute Gasteiger partial charge is 0.372 e. The lowest BCUT2D eigenvalue weighted by atomic mass is 10.1. The van der Waals surface area contributed by atoms with Gasteiger partial charge >= 0.3 is 0 Å². The third kappa shape index (κ3) is 8.31. The van der Waals surface area contributed by atoms with Crippen molar-refractivity contribution in [3.63, 3.8) is 0 Å². The van der Waals surface area contributed by atoms with E-state index in [9.17, 15) is 10.1 Å². The van der Waals surface area contributed by atoms with Crippen molar-refractivity contribution < 1.29 is 4.92 Å². The summed E-state index contributed by atoms with van der Waals surface area (Å²) < 4.78 is 0. The number of nitro benzene ring substituents is 1. The van der Waals surface area contributed by atoms with Gasteiger partial charge in [0.2, 0.25) is 0 Å². The van der Waals surface area contributed by atoms with E-state index in [1.54, 1.807) is 12.1 Å². The smallest absolute Gasteiger partial charge is 0.269 e. The maximum atomic E-state index is 10.7. The molecule has 6 nitrogen and oxygen atoms in total. The van der Waals surface area contributed by atoms with Crippen LogP contribution in [-0.4, -0.2) is 18.0 Å². The number of rotatable bonds is 14. The average Bonchev–Trinajstić information content (AvgIpc) is 2.77. The second-order valence-electron chi connectivity index (χ2n) is 7.60. The first-order valence-corrected chi connectivity index (χ1v) is 11.1. The fourth-order valence-corrected chi connectivity index (χ4v) is 3.32. The van der Waals surface area contributed by atoms with E-state index >= 15 is 0 Å². The van der Waals surface area contributed by atoms with E-state index in [-0.39, 0.29) is 5.69 Å². The lowest BCUT2D eigenvalue weighted by Crippen LogP contribution is -2.25. The highest BCUT2D eigenvalue weighted by atomic mass is 16.6. The molecule has 0 unspecified atom stereocenters. The number of anilines is 1. The molecule has 0 radical (unpaired) electrons. The Morgan fingerprint density at radius 3 is 1.63 bits per heavy atom. The number of hydrogen-bond donors (Lipinski definition) is 0. The lowest BCUT2D eigenvalue weighted by molar-refractivity contribution is -0.384. The molecule has 0 N–H and O–H groups in total. The van der Waals surface area contributed by atoms with Gasteiger partial charge in [-0.2, -0.15) is 10.2 Å². The van der Waals surface area contributed by atoms with Crippen molar-refractivity contribution in [2.75, 3.05) is 18.0 Å². The van der Waals surface area contributed by atoms with Crippen molar-refractivity contribution in [2.45, 2.75) is 65.2 Å². The van der Waals surface area contributed by atoms with Gasteiger partial charge < -0.3 is 4.90 Å². The number of hydrogen-bond acceptors (Lipinski definition) is 5. The Bertz CT molecular complexity index is 761. The molecule has 0 aliphatic rings. The van der Waals surface area contributed by atoms with Gasteiger partial charge in [0, 0.05) is 30.9 Å². The summed E-state index contributed by atoms with van der Waals surface area (Å²) in [5, 5.41) is 19.2. The van der Waals surface area contributed by atoms with E-state index in [0.29, 0.717) is 5.69 Å².